The predicted octanol–water partition coefficient (Wildman–Crippen LogP) is 2.79. The van der Waals surface area contributed by atoms with E-state index in [1.807, 2.05) is 30.3 Å². The Bertz CT molecular complexity index is 752. The molecule has 0 bridgehead atoms. The summed E-state index contributed by atoms with van der Waals surface area (Å²) >= 11 is 0. The van der Waals surface area contributed by atoms with E-state index < -0.39 is 23.4 Å². The molecule has 0 unspecified atom stereocenters. The first kappa shape index (κ1) is 17.1. The van der Waals surface area contributed by atoms with Crippen molar-refractivity contribution in [2.24, 2.45) is 5.92 Å². The standard InChI is InChI=1S/C19H18FNO4/c20-17-9-5-4-8-16(17)19(13-24-12-15(19)10-22)21-18(23)25-11-14-6-2-1-3-7-14/h1-10,15H,11-13H2,(H,21,23)/t15-,19+/m1/s1. The van der Waals surface area contributed by atoms with Gasteiger partial charge in [0, 0.05) is 5.56 Å². The summed E-state index contributed by atoms with van der Waals surface area (Å²) in [5, 5.41) is 2.66. The van der Waals surface area contributed by atoms with Crippen molar-refractivity contribution in [2.45, 2.75) is 12.1 Å². The van der Waals surface area contributed by atoms with Crippen LogP contribution in [0.2, 0.25) is 0 Å². The van der Waals surface area contributed by atoms with Gasteiger partial charge in [-0.25, -0.2) is 9.18 Å². The average molecular weight is 343 g/mol. The van der Waals surface area contributed by atoms with E-state index >= 15 is 0 Å². The normalized spacial score (nSPS) is 22.4. The first-order valence-corrected chi connectivity index (χ1v) is 7.92. The van der Waals surface area contributed by atoms with Gasteiger partial charge in [0.25, 0.3) is 0 Å². The molecule has 1 aliphatic rings. The van der Waals surface area contributed by atoms with Gasteiger partial charge in [-0.3, -0.25) is 0 Å². The van der Waals surface area contributed by atoms with Gasteiger partial charge in [0.05, 0.1) is 19.1 Å². The summed E-state index contributed by atoms with van der Waals surface area (Å²) < 4.78 is 24.9. The summed E-state index contributed by atoms with van der Waals surface area (Å²) in [6, 6.07) is 15.2. The van der Waals surface area contributed by atoms with E-state index in [0.29, 0.717) is 6.29 Å². The van der Waals surface area contributed by atoms with Crippen molar-refractivity contribution in [1.82, 2.24) is 5.32 Å². The third-order valence-electron chi connectivity index (χ3n) is 4.32. The Kier molecular flexibility index (Phi) is 5.09. The Balaban J connectivity index is 1.80. The third-order valence-corrected chi connectivity index (χ3v) is 4.32. The van der Waals surface area contributed by atoms with E-state index in [1.54, 1.807) is 12.1 Å². The number of ether oxygens (including phenoxy) is 2. The lowest BCUT2D eigenvalue weighted by Gasteiger charge is -2.32. The molecule has 2 aromatic carbocycles. The van der Waals surface area contributed by atoms with E-state index in [-0.39, 0.29) is 25.4 Å². The van der Waals surface area contributed by atoms with Gasteiger partial charge >= 0.3 is 6.09 Å². The van der Waals surface area contributed by atoms with Crippen molar-refractivity contribution in [3.8, 4) is 0 Å². The molecule has 5 nitrogen and oxygen atoms in total. The number of halogens is 1. The highest BCUT2D eigenvalue weighted by molar-refractivity contribution is 5.71. The molecule has 1 heterocycles. The minimum atomic E-state index is -1.28. The SMILES string of the molecule is O=C[C@@H]1COC[C@@]1(NC(=O)OCc1ccccc1)c1ccccc1F. The summed E-state index contributed by atoms with van der Waals surface area (Å²) in [5.74, 6) is -1.21. The molecule has 6 heteroatoms. The van der Waals surface area contributed by atoms with Crippen LogP contribution in [0.1, 0.15) is 11.1 Å². The van der Waals surface area contributed by atoms with Crippen LogP contribution in [0.25, 0.3) is 0 Å². The molecular weight excluding hydrogens is 325 g/mol. The van der Waals surface area contributed by atoms with Gasteiger partial charge in [-0.15, -0.1) is 0 Å². The highest BCUT2D eigenvalue weighted by atomic mass is 19.1. The minimum absolute atomic E-state index is 0.00221. The lowest BCUT2D eigenvalue weighted by atomic mass is 9.81. The van der Waals surface area contributed by atoms with Crippen LogP contribution in [0, 0.1) is 11.7 Å². The molecule has 2 atom stereocenters. The lowest BCUT2D eigenvalue weighted by molar-refractivity contribution is -0.112. The quantitative estimate of drug-likeness (QED) is 0.848. The molecule has 1 fully saturated rings. The van der Waals surface area contributed by atoms with Crippen LogP contribution in [0.15, 0.2) is 54.6 Å². The molecule has 25 heavy (non-hydrogen) atoms. The third kappa shape index (κ3) is 3.53. The maximum atomic E-state index is 14.3. The molecule has 2 aromatic rings. The molecule has 0 radical (unpaired) electrons. The highest BCUT2D eigenvalue weighted by Gasteiger charge is 2.48. The molecule has 1 N–H and O–H groups in total. The molecule has 0 saturated carbocycles. The van der Waals surface area contributed by atoms with Gasteiger partial charge in [0.1, 0.15) is 24.2 Å². The number of alkyl carbamates (subject to hydrolysis) is 1. The van der Waals surface area contributed by atoms with Crippen molar-refractivity contribution >= 4 is 12.4 Å². The molecular formula is C19H18FNO4. The van der Waals surface area contributed by atoms with E-state index in [4.69, 9.17) is 9.47 Å². The first-order valence-electron chi connectivity index (χ1n) is 7.92. The van der Waals surface area contributed by atoms with Crippen molar-refractivity contribution in [2.75, 3.05) is 13.2 Å². The van der Waals surface area contributed by atoms with Crippen LogP contribution in [0.4, 0.5) is 9.18 Å². The van der Waals surface area contributed by atoms with Gasteiger partial charge < -0.3 is 19.6 Å². The van der Waals surface area contributed by atoms with Gasteiger partial charge in [0.15, 0.2) is 0 Å². The molecule has 0 aromatic heterocycles. The summed E-state index contributed by atoms with van der Waals surface area (Å²) in [7, 11) is 0. The van der Waals surface area contributed by atoms with Gasteiger partial charge in [-0.1, -0.05) is 48.5 Å². The number of hydrogen-bond acceptors (Lipinski definition) is 4. The Labute approximate surface area is 144 Å². The number of rotatable bonds is 5. The molecule has 0 spiro atoms. The Morgan fingerprint density at radius 1 is 1.24 bits per heavy atom. The van der Waals surface area contributed by atoms with Crippen molar-refractivity contribution < 1.29 is 23.5 Å². The van der Waals surface area contributed by atoms with Crippen molar-refractivity contribution in [1.29, 1.82) is 0 Å². The monoisotopic (exact) mass is 343 g/mol. The molecule has 130 valence electrons. The second-order valence-corrected chi connectivity index (χ2v) is 5.90. The highest BCUT2D eigenvalue weighted by Crippen LogP contribution is 2.36. The Morgan fingerprint density at radius 2 is 1.96 bits per heavy atom. The second-order valence-electron chi connectivity index (χ2n) is 5.90. The van der Waals surface area contributed by atoms with E-state index in [9.17, 15) is 14.0 Å². The molecule has 1 saturated heterocycles. The van der Waals surface area contributed by atoms with Gasteiger partial charge in [-0.05, 0) is 11.6 Å². The van der Waals surface area contributed by atoms with E-state index in [2.05, 4.69) is 5.32 Å². The Hall–Kier alpha value is -2.73. The number of hydrogen-bond donors (Lipinski definition) is 1. The zero-order chi connectivity index (χ0) is 17.7. The van der Waals surface area contributed by atoms with Crippen molar-refractivity contribution in [3.05, 3.63) is 71.5 Å². The van der Waals surface area contributed by atoms with Gasteiger partial charge in [-0.2, -0.15) is 0 Å². The number of amides is 1. The summed E-state index contributed by atoms with van der Waals surface area (Å²) in [5.41, 5.74) is -0.241. The molecule has 3 rings (SSSR count). The molecule has 1 aliphatic heterocycles. The first-order chi connectivity index (χ1) is 12.2. The van der Waals surface area contributed by atoms with E-state index in [0.717, 1.165) is 5.56 Å². The smallest absolute Gasteiger partial charge is 0.408 e. The van der Waals surface area contributed by atoms with Crippen LogP contribution in [0.3, 0.4) is 0 Å². The summed E-state index contributed by atoms with van der Waals surface area (Å²) in [4.78, 5) is 23.8. The number of benzene rings is 2. The van der Waals surface area contributed by atoms with E-state index in [1.165, 1.54) is 12.1 Å². The molecule has 1 amide bonds. The fraction of sp³-hybridized carbons (Fsp3) is 0.263. The van der Waals surface area contributed by atoms with Crippen LogP contribution in [-0.2, 0) is 26.4 Å². The minimum Gasteiger partial charge on any atom is -0.445 e. The zero-order valence-corrected chi connectivity index (χ0v) is 13.5. The predicted molar refractivity (Wildman–Crippen MR) is 88.2 cm³/mol. The zero-order valence-electron chi connectivity index (χ0n) is 13.5. The fourth-order valence-electron chi connectivity index (χ4n) is 2.99. The maximum Gasteiger partial charge on any atom is 0.408 e. The Morgan fingerprint density at radius 3 is 2.68 bits per heavy atom. The maximum absolute atomic E-state index is 14.3. The van der Waals surface area contributed by atoms with Crippen LogP contribution >= 0.6 is 0 Å². The van der Waals surface area contributed by atoms with Crippen molar-refractivity contribution in [3.63, 3.8) is 0 Å². The number of nitrogens with one attached hydrogen (secondary N) is 1. The number of carbonyl (C=O) groups is 2. The lowest BCUT2D eigenvalue weighted by Crippen LogP contribution is -2.52. The van der Waals surface area contributed by atoms with Crippen LogP contribution in [0.5, 0.6) is 0 Å². The number of carbonyl (C=O) groups excluding carboxylic acids is 2. The molecule has 0 aliphatic carbocycles. The summed E-state index contributed by atoms with van der Waals surface area (Å²) in [6.45, 7) is 0.182. The topological polar surface area (TPSA) is 64.6 Å². The summed E-state index contributed by atoms with van der Waals surface area (Å²) in [6.07, 6.45) is -0.0545. The number of aldehydes is 1. The fourth-order valence-corrected chi connectivity index (χ4v) is 2.99. The van der Waals surface area contributed by atoms with Gasteiger partial charge in [0.2, 0.25) is 0 Å². The van der Waals surface area contributed by atoms with Crippen LogP contribution in [-0.4, -0.2) is 25.6 Å². The second kappa shape index (κ2) is 7.44. The van der Waals surface area contributed by atoms with Crippen LogP contribution < -0.4 is 5.32 Å². The largest absolute Gasteiger partial charge is 0.445 e. The average Bonchev–Trinajstić information content (AvgIpc) is 3.04.